The van der Waals surface area contributed by atoms with Gasteiger partial charge in [-0.25, -0.2) is 19.9 Å². The number of piperidine rings is 1. The quantitative estimate of drug-likeness (QED) is 0.709. The molecule has 144 valence electrons. The zero-order valence-electron chi connectivity index (χ0n) is 16.0. The van der Waals surface area contributed by atoms with Gasteiger partial charge in [0.1, 0.15) is 5.75 Å². The molecule has 3 heterocycles. The van der Waals surface area contributed by atoms with E-state index in [1.54, 1.807) is 19.5 Å². The molecule has 1 aliphatic heterocycles. The summed E-state index contributed by atoms with van der Waals surface area (Å²) in [6.07, 6.45) is 9.64. The van der Waals surface area contributed by atoms with Gasteiger partial charge in [-0.3, -0.25) is 0 Å². The third-order valence-corrected chi connectivity index (χ3v) is 4.90. The smallest absolute Gasteiger partial charge is 0.225 e. The maximum atomic E-state index is 5.19. The predicted molar refractivity (Wildman–Crippen MR) is 108 cm³/mol. The average Bonchev–Trinajstić information content (AvgIpc) is 2.79. The standard InChI is InChI=1S/C21H24N6O/c1-28-19-7-5-17(6-8-19)20-25-13-16(14-26-20)12-24-18-4-2-11-27(15-18)21-22-9-3-10-23-21/h3,5-10,13-14,18,24H,2,4,11-12,15H2,1H3/t18-/m0/s1. The van der Waals surface area contributed by atoms with Crippen LogP contribution in [-0.4, -0.2) is 46.2 Å². The Morgan fingerprint density at radius 1 is 1.07 bits per heavy atom. The molecule has 4 rings (SSSR count). The monoisotopic (exact) mass is 376 g/mol. The SMILES string of the molecule is COc1ccc(-c2ncc(CN[C@H]3CCCN(c4ncccn4)C3)cn2)cc1. The Morgan fingerprint density at radius 3 is 2.54 bits per heavy atom. The number of anilines is 1. The number of hydrogen-bond donors (Lipinski definition) is 1. The van der Waals surface area contributed by atoms with Gasteiger partial charge in [-0.05, 0) is 43.2 Å². The lowest BCUT2D eigenvalue weighted by molar-refractivity contribution is 0.415. The van der Waals surface area contributed by atoms with Crippen LogP contribution in [-0.2, 0) is 6.54 Å². The molecular formula is C21H24N6O. The lowest BCUT2D eigenvalue weighted by Crippen LogP contribution is -2.46. The van der Waals surface area contributed by atoms with Crippen molar-refractivity contribution in [1.29, 1.82) is 0 Å². The molecular weight excluding hydrogens is 352 g/mol. The van der Waals surface area contributed by atoms with E-state index in [9.17, 15) is 0 Å². The minimum absolute atomic E-state index is 0.402. The summed E-state index contributed by atoms with van der Waals surface area (Å²) in [7, 11) is 1.66. The first kappa shape index (κ1) is 18.3. The molecule has 3 aromatic rings. The van der Waals surface area contributed by atoms with E-state index < -0.39 is 0 Å². The highest BCUT2D eigenvalue weighted by Gasteiger charge is 2.21. The molecule has 0 radical (unpaired) electrons. The van der Waals surface area contributed by atoms with E-state index in [-0.39, 0.29) is 0 Å². The second-order valence-corrected chi connectivity index (χ2v) is 6.86. The van der Waals surface area contributed by atoms with Gasteiger partial charge in [0.15, 0.2) is 5.82 Å². The highest BCUT2D eigenvalue weighted by molar-refractivity contribution is 5.55. The van der Waals surface area contributed by atoms with Crippen LogP contribution >= 0.6 is 0 Å². The van der Waals surface area contributed by atoms with E-state index in [0.717, 1.165) is 61.1 Å². The molecule has 0 amide bonds. The molecule has 7 nitrogen and oxygen atoms in total. The van der Waals surface area contributed by atoms with Crippen molar-refractivity contribution in [3.8, 4) is 17.1 Å². The zero-order valence-corrected chi connectivity index (χ0v) is 16.0. The van der Waals surface area contributed by atoms with Gasteiger partial charge in [-0.1, -0.05) is 0 Å². The Morgan fingerprint density at radius 2 is 1.82 bits per heavy atom. The average molecular weight is 376 g/mol. The van der Waals surface area contributed by atoms with Gasteiger partial charge >= 0.3 is 0 Å². The number of rotatable bonds is 6. The second-order valence-electron chi connectivity index (χ2n) is 6.86. The summed E-state index contributed by atoms with van der Waals surface area (Å²) in [6, 6.07) is 10.0. The van der Waals surface area contributed by atoms with Gasteiger partial charge < -0.3 is 15.0 Å². The molecule has 1 saturated heterocycles. The fraction of sp³-hybridized carbons (Fsp3) is 0.333. The Bertz CT molecular complexity index is 870. The van der Waals surface area contributed by atoms with Crippen LogP contribution in [0, 0.1) is 0 Å². The minimum atomic E-state index is 0.402. The van der Waals surface area contributed by atoms with Gasteiger partial charge in [0.05, 0.1) is 7.11 Å². The van der Waals surface area contributed by atoms with Crippen LogP contribution in [0.2, 0.25) is 0 Å². The molecule has 0 aliphatic carbocycles. The van der Waals surface area contributed by atoms with Crippen LogP contribution in [0.5, 0.6) is 5.75 Å². The van der Waals surface area contributed by atoms with Crippen LogP contribution in [0.3, 0.4) is 0 Å². The van der Waals surface area contributed by atoms with E-state index in [1.807, 2.05) is 42.7 Å². The number of methoxy groups -OCH3 is 1. The molecule has 0 bridgehead atoms. The first-order chi connectivity index (χ1) is 13.8. The molecule has 1 N–H and O–H groups in total. The Labute approximate surface area is 164 Å². The molecule has 1 aromatic carbocycles. The van der Waals surface area contributed by atoms with Crippen LogP contribution in [0.15, 0.2) is 55.1 Å². The van der Waals surface area contributed by atoms with E-state index in [1.165, 1.54) is 0 Å². The molecule has 0 saturated carbocycles. The lowest BCUT2D eigenvalue weighted by Gasteiger charge is -2.33. The molecule has 1 fully saturated rings. The fourth-order valence-corrected chi connectivity index (χ4v) is 3.38. The van der Waals surface area contributed by atoms with E-state index in [4.69, 9.17) is 4.74 Å². The summed E-state index contributed by atoms with van der Waals surface area (Å²) >= 11 is 0. The molecule has 28 heavy (non-hydrogen) atoms. The number of benzene rings is 1. The van der Waals surface area contributed by atoms with Crippen molar-refractivity contribution in [3.63, 3.8) is 0 Å². The third-order valence-electron chi connectivity index (χ3n) is 4.90. The largest absolute Gasteiger partial charge is 0.497 e. The maximum Gasteiger partial charge on any atom is 0.225 e. The first-order valence-electron chi connectivity index (χ1n) is 9.52. The van der Waals surface area contributed by atoms with Gasteiger partial charge in [-0.2, -0.15) is 0 Å². The minimum Gasteiger partial charge on any atom is -0.497 e. The summed E-state index contributed by atoms with van der Waals surface area (Å²) in [6.45, 7) is 2.66. The van der Waals surface area contributed by atoms with Crippen molar-refractivity contribution >= 4 is 5.95 Å². The molecule has 7 heteroatoms. The number of nitrogens with zero attached hydrogens (tertiary/aromatic N) is 5. The number of aromatic nitrogens is 4. The molecule has 0 spiro atoms. The maximum absolute atomic E-state index is 5.19. The van der Waals surface area contributed by atoms with E-state index in [0.29, 0.717) is 6.04 Å². The van der Waals surface area contributed by atoms with Crippen molar-refractivity contribution in [2.75, 3.05) is 25.1 Å². The molecule has 1 aliphatic rings. The zero-order chi connectivity index (χ0) is 19.2. The van der Waals surface area contributed by atoms with Crippen molar-refractivity contribution in [3.05, 3.63) is 60.7 Å². The van der Waals surface area contributed by atoms with Crippen LogP contribution < -0.4 is 15.0 Å². The highest BCUT2D eigenvalue weighted by Crippen LogP contribution is 2.19. The number of ether oxygens (including phenoxy) is 1. The summed E-state index contributed by atoms with van der Waals surface area (Å²) in [5.74, 6) is 2.35. The first-order valence-corrected chi connectivity index (χ1v) is 9.52. The predicted octanol–water partition coefficient (Wildman–Crippen LogP) is 2.70. The number of nitrogens with one attached hydrogen (secondary N) is 1. The van der Waals surface area contributed by atoms with Crippen molar-refractivity contribution < 1.29 is 4.74 Å². The topological polar surface area (TPSA) is 76.1 Å². The van der Waals surface area contributed by atoms with Crippen molar-refractivity contribution in [1.82, 2.24) is 25.3 Å². The second kappa shape index (κ2) is 8.75. The van der Waals surface area contributed by atoms with Gasteiger partial charge in [0.25, 0.3) is 0 Å². The number of hydrogen-bond acceptors (Lipinski definition) is 7. The Kier molecular flexibility index (Phi) is 5.72. The van der Waals surface area contributed by atoms with Crippen molar-refractivity contribution in [2.45, 2.75) is 25.4 Å². The normalized spacial score (nSPS) is 16.8. The van der Waals surface area contributed by atoms with Crippen LogP contribution in [0.1, 0.15) is 18.4 Å². The van der Waals surface area contributed by atoms with E-state index >= 15 is 0 Å². The lowest BCUT2D eigenvalue weighted by atomic mass is 10.1. The van der Waals surface area contributed by atoms with Crippen LogP contribution in [0.4, 0.5) is 5.95 Å². The summed E-state index contributed by atoms with van der Waals surface area (Å²) < 4.78 is 5.19. The molecule has 0 unspecified atom stereocenters. The van der Waals surface area contributed by atoms with Gasteiger partial charge in [-0.15, -0.1) is 0 Å². The molecule has 1 atom stereocenters. The Hall–Kier alpha value is -3.06. The summed E-state index contributed by atoms with van der Waals surface area (Å²) in [5.41, 5.74) is 2.05. The summed E-state index contributed by atoms with van der Waals surface area (Å²) in [4.78, 5) is 20.0. The molecule has 2 aromatic heterocycles. The summed E-state index contributed by atoms with van der Waals surface area (Å²) in [5, 5.41) is 3.62. The highest BCUT2D eigenvalue weighted by atomic mass is 16.5. The fourth-order valence-electron chi connectivity index (χ4n) is 3.38. The van der Waals surface area contributed by atoms with Gasteiger partial charge in [0.2, 0.25) is 5.95 Å². The van der Waals surface area contributed by atoms with Crippen molar-refractivity contribution in [2.24, 2.45) is 0 Å². The van der Waals surface area contributed by atoms with E-state index in [2.05, 4.69) is 30.2 Å². The van der Waals surface area contributed by atoms with Gasteiger partial charge in [0, 0.05) is 61.6 Å². The Balaban J connectivity index is 1.33. The van der Waals surface area contributed by atoms with Crippen LogP contribution in [0.25, 0.3) is 11.4 Å². The third kappa shape index (κ3) is 4.43.